The van der Waals surface area contributed by atoms with Crippen LogP contribution in [0.5, 0.6) is 0 Å². The zero-order valence-electron chi connectivity index (χ0n) is 23.3. The van der Waals surface area contributed by atoms with E-state index in [1.54, 1.807) is 0 Å². The maximum absolute atomic E-state index is 2.69. The summed E-state index contributed by atoms with van der Waals surface area (Å²) in [6, 6.07) is 0. The van der Waals surface area contributed by atoms with Crippen LogP contribution in [0.2, 0.25) is 0 Å². The molecule has 0 radical (unpaired) electrons. The van der Waals surface area contributed by atoms with E-state index in [2.05, 4.69) is 43.0 Å². The van der Waals surface area contributed by atoms with E-state index in [9.17, 15) is 0 Å². The Bertz CT molecular complexity index is 419. The molecule has 1 rings (SSSR count). The lowest BCUT2D eigenvalue weighted by Crippen LogP contribution is -2.39. The quantitative estimate of drug-likeness (QED) is 0.124. The topological polar surface area (TPSA) is 6.48 Å². The summed E-state index contributed by atoms with van der Waals surface area (Å²) < 4.78 is 0. The molecule has 0 aromatic rings. The van der Waals surface area contributed by atoms with Gasteiger partial charge in [-0.25, -0.2) is 0 Å². The Morgan fingerprint density at radius 3 is 1.06 bits per heavy atom. The van der Waals surface area contributed by atoms with Crippen LogP contribution in [0.15, 0.2) is 12.4 Å². The molecule has 1 aliphatic rings. The first-order valence-electron chi connectivity index (χ1n) is 15.5. The Balaban J connectivity index is 2.25. The molecule has 0 spiro atoms. The highest BCUT2D eigenvalue weighted by molar-refractivity contribution is 4.97. The van der Waals surface area contributed by atoms with Gasteiger partial charge in [0.05, 0.1) is 0 Å². The zero-order chi connectivity index (χ0) is 23.8. The average Bonchev–Trinajstić information content (AvgIpc) is 3.21. The van der Waals surface area contributed by atoms with Gasteiger partial charge in [0.1, 0.15) is 6.17 Å². The second kappa shape index (κ2) is 23.1. The van der Waals surface area contributed by atoms with E-state index in [0.717, 1.165) is 0 Å². The van der Waals surface area contributed by atoms with Crippen molar-refractivity contribution in [3.05, 3.63) is 12.4 Å². The predicted molar refractivity (Wildman–Crippen MR) is 150 cm³/mol. The number of hydrogen-bond donors (Lipinski definition) is 0. The molecule has 0 N–H and O–H groups in total. The third-order valence-electron chi connectivity index (χ3n) is 7.57. The van der Waals surface area contributed by atoms with Crippen LogP contribution in [0.25, 0.3) is 0 Å². The van der Waals surface area contributed by atoms with Crippen molar-refractivity contribution in [2.45, 2.75) is 175 Å². The summed E-state index contributed by atoms with van der Waals surface area (Å²) >= 11 is 0. The highest BCUT2D eigenvalue weighted by Crippen LogP contribution is 2.24. The van der Waals surface area contributed by atoms with Crippen LogP contribution in [0.1, 0.15) is 168 Å². The van der Waals surface area contributed by atoms with Crippen molar-refractivity contribution in [2.75, 3.05) is 13.1 Å². The third-order valence-corrected chi connectivity index (χ3v) is 7.57. The largest absolute Gasteiger partial charge is 0.356 e. The van der Waals surface area contributed by atoms with Crippen molar-refractivity contribution in [2.24, 2.45) is 0 Å². The molecular formula is C31H62N2. The van der Waals surface area contributed by atoms with Gasteiger partial charge < -0.3 is 9.80 Å². The summed E-state index contributed by atoms with van der Waals surface area (Å²) in [4.78, 5) is 5.37. The van der Waals surface area contributed by atoms with Gasteiger partial charge in [0, 0.05) is 25.5 Å². The van der Waals surface area contributed by atoms with Gasteiger partial charge in [-0.05, 0) is 25.7 Å². The summed E-state index contributed by atoms with van der Waals surface area (Å²) in [5.74, 6) is 0. The van der Waals surface area contributed by atoms with Crippen LogP contribution >= 0.6 is 0 Å². The standard InChI is InChI=1S/C31H62N2/c1-4-7-10-13-15-17-19-22-25-28-33-30-29-32(27-24-21-12-9-6-3)31(33)26-23-20-18-16-14-11-8-5-2/h29-31H,4-28H2,1-3H3. The predicted octanol–water partition coefficient (Wildman–Crippen LogP) is 10.4. The van der Waals surface area contributed by atoms with E-state index >= 15 is 0 Å². The Hall–Kier alpha value is -0.660. The highest BCUT2D eigenvalue weighted by atomic mass is 15.4. The van der Waals surface area contributed by atoms with E-state index in [4.69, 9.17) is 0 Å². The summed E-state index contributed by atoms with van der Waals surface area (Å²) in [5, 5.41) is 0. The molecular weight excluding hydrogens is 400 g/mol. The Morgan fingerprint density at radius 1 is 0.394 bits per heavy atom. The molecule has 1 aliphatic heterocycles. The molecule has 0 bridgehead atoms. The Kier molecular flexibility index (Phi) is 21.3. The minimum Gasteiger partial charge on any atom is -0.356 e. The smallest absolute Gasteiger partial charge is 0.101 e. The molecule has 0 aliphatic carbocycles. The van der Waals surface area contributed by atoms with E-state index < -0.39 is 0 Å². The van der Waals surface area contributed by atoms with Crippen molar-refractivity contribution >= 4 is 0 Å². The van der Waals surface area contributed by atoms with Crippen molar-refractivity contribution in [1.82, 2.24) is 9.80 Å². The van der Waals surface area contributed by atoms with Crippen LogP contribution in [-0.2, 0) is 0 Å². The van der Waals surface area contributed by atoms with Gasteiger partial charge in [-0.15, -0.1) is 0 Å². The normalized spacial score (nSPS) is 15.8. The van der Waals surface area contributed by atoms with Crippen LogP contribution in [0.3, 0.4) is 0 Å². The third kappa shape index (κ3) is 16.6. The van der Waals surface area contributed by atoms with Gasteiger partial charge in [-0.1, -0.05) is 143 Å². The van der Waals surface area contributed by atoms with Gasteiger partial charge in [0.25, 0.3) is 0 Å². The van der Waals surface area contributed by atoms with Gasteiger partial charge in [-0.2, -0.15) is 0 Å². The number of hydrogen-bond acceptors (Lipinski definition) is 2. The van der Waals surface area contributed by atoms with Crippen molar-refractivity contribution in [3.8, 4) is 0 Å². The molecule has 0 saturated heterocycles. The first kappa shape index (κ1) is 30.4. The maximum atomic E-state index is 2.69. The van der Waals surface area contributed by atoms with Gasteiger partial charge >= 0.3 is 0 Å². The van der Waals surface area contributed by atoms with Crippen molar-refractivity contribution < 1.29 is 0 Å². The lowest BCUT2D eigenvalue weighted by atomic mass is 10.1. The fourth-order valence-electron chi connectivity index (χ4n) is 5.30. The van der Waals surface area contributed by atoms with Crippen molar-refractivity contribution in [3.63, 3.8) is 0 Å². The fourth-order valence-corrected chi connectivity index (χ4v) is 5.30. The van der Waals surface area contributed by atoms with E-state index in [1.165, 1.54) is 161 Å². The second-order valence-corrected chi connectivity index (χ2v) is 10.8. The summed E-state index contributed by atoms with van der Waals surface area (Å²) in [6.07, 6.45) is 38.0. The molecule has 0 aromatic carbocycles. The summed E-state index contributed by atoms with van der Waals surface area (Å²) in [7, 11) is 0. The lowest BCUT2D eigenvalue weighted by Gasteiger charge is -2.33. The van der Waals surface area contributed by atoms with Crippen LogP contribution in [0, 0.1) is 0 Å². The molecule has 0 fully saturated rings. The Morgan fingerprint density at radius 2 is 0.697 bits per heavy atom. The van der Waals surface area contributed by atoms with Gasteiger partial charge in [-0.3, -0.25) is 0 Å². The molecule has 0 saturated carbocycles. The van der Waals surface area contributed by atoms with E-state index in [1.807, 2.05) is 0 Å². The van der Waals surface area contributed by atoms with E-state index in [0.29, 0.717) is 6.17 Å². The number of rotatable bonds is 25. The van der Waals surface area contributed by atoms with E-state index in [-0.39, 0.29) is 0 Å². The van der Waals surface area contributed by atoms with Crippen LogP contribution in [0.4, 0.5) is 0 Å². The monoisotopic (exact) mass is 462 g/mol. The SMILES string of the molecule is CCCCCCCCCCCN1C=CN(CCCCCCC)C1CCCCCCCCCC. The lowest BCUT2D eigenvalue weighted by molar-refractivity contribution is 0.135. The van der Waals surface area contributed by atoms with Crippen LogP contribution < -0.4 is 0 Å². The van der Waals surface area contributed by atoms with Crippen molar-refractivity contribution in [1.29, 1.82) is 0 Å². The fraction of sp³-hybridized carbons (Fsp3) is 0.935. The summed E-state index contributed by atoms with van der Waals surface area (Å²) in [5.41, 5.74) is 0. The van der Waals surface area contributed by atoms with Crippen LogP contribution in [-0.4, -0.2) is 29.1 Å². The second-order valence-electron chi connectivity index (χ2n) is 10.8. The molecule has 0 aromatic heterocycles. The molecule has 2 nitrogen and oxygen atoms in total. The number of unbranched alkanes of at least 4 members (excludes halogenated alkanes) is 19. The first-order chi connectivity index (χ1) is 16.3. The molecule has 1 atom stereocenters. The van der Waals surface area contributed by atoms with Gasteiger partial charge in [0.2, 0.25) is 0 Å². The zero-order valence-corrected chi connectivity index (χ0v) is 23.3. The highest BCUT2D eigenvalue weighted by Gasteiger charge is 2.24. The minimum absolute atomic E-state index is 0.644. The molecule has 0 amide bonds. The molecule has 33 heavy (non-hydrogen) atoms. The Labute approximate surface area is 210 Å². The minimum atomic E-state index is 0.644. The van der Waals surface area contributed by atoms with Gasteiger partial charge in [0.15, 0.2) is 0 Å². The molecule has 2 heteroatoms. The molecule has 1 heterocycles. The average molecular weight is 463 g/mol. The molecule has 1 unspecified atom stereocenters. The summed E-state index contributed by atoms with van der Waals surface area (Å²) in [6.45, 7) is 9.46. The first-order valence-corrected chi connectivity index (χ1v) is 15.5. The number of nitrogens with zero attached hydrogens (tertiary/aromatic N) is 2. The maximum Gasteiger partial charge on any atom is 0.101 e. The molecule has 196 valence electrons.